The van der Waals surface area contributed by atoms with Gasteiger partial charge in [-0.25, -0.2) is 0 Å². The molecule has 1 aliphatic rings. The molecule has 2 N–H and O–H groups in total. The molecule has 0 aromatic carbocycles. The molecule has 1 aromatic rings. The Balaban J connectivity index is 2.15. The molecule has 1 fully saturated rings. The molecule has 1 amide bonds. The van der Waals surface area contributed by atoms with Crippen LogP contribution in [0, 0.1) is 0 Å². The van der Waals surface area contributed by atoms with Crippen molar-refractivity contribution in [2.75, 3.05) is 13.1 Å². The Kier molecular flexibility index (Phi) is 3.64. The molecule has 18 heavy (non-hydrogen) atoms. The van der Waals surface area contributed by atoms with Crippen molar-refractivity contribution >= 4 is 5.91 Å². The molecule has 1 aliphatic heterocycles. The summed E-state index contributed by atoms with van der Waals surface area (Å²) in [5.74, 6) is 0.0188. The van der Waals surface area contributed by atoms with Gasteiger partial charge in [0.15, 0.2) is 0 Å². The van der Waals surface area contributed by atoms with Gasteiger partial charge in [0.2, 0.25) is 17.7 Å². The molecule has 0 aliphatic carbocycles. The molecule has 1 atom stereocenters. The summed E-state index contributed by atoms with van der Waals surface area (Å²) in [6.45, 7) is 3.14. The second kappa shape index (κ2) is 5.20. The maximum Gasteiger partial charge on any atom is 0.222 e. The predicted octanol–water partition coefficient (Wildman–Crippen LogP) is 1.00. The number of aromatic nitrogens is 2. The average Bonchev–Trinajstić information content (AvgIpc) is 2.37. The number of likely N-dealkylation sites (tertiary alicyclic amines) is 1. The monoisotopic (exact) mass is 251 g/mol. The van der Waals surface area contributed by atoms with E-state index in [0.29, 0.717) is 18.8 Å². The smallest absolute Gasteiger partial charge is 0.222 e. The van der Waals surface area contributed by atoms with Gasteiger partial charge in [-0.15, -0.1) is 0 Å². The third-order valence-electron chi connectivity index (χ3n) is 3.16. The number of hydrogen-bond donors (Lipinski definition) is 2. The number of carbonyl (C=O) groups is 1. The van der Waals surface area contributed by atoms with Crippen LogP contribution >= 0.6 is 0 Å². The van der Waals surface area contributed by atoms with Crippen LogP contribution < -0.4 is 0 Å². The SMILES string of the molecule is CCC(=O)N1CCCC(c2nc(O)cc(O)n2)C1. The normalized spacial score (nSPS) is 19.8. The minimum Gasteiger partial charge on any atom is -0.493 e. The van der Waals surface area contributed by atoms with E-state index in [0.717, 1.165) is 25.5 Å². The van der Waals surface area contributed by atoms with E-state index in [-0.39, 0.29) is 23.6 Å². The van der Waals surface area contributed by atoms with Crippen LogP contribution in [0.3, 0.4) is 0 Å². The lowest BCUT2D eigenvalue weighted by atomic mass is 9.97. The van der Waals surface area contributed by atoms with Gasteiger partial charge >= 0.3 is 0 Å². The van der Waals surface area contributed by atoms with E-state index < -0.39 is 0 Å². The first-order valence-electron chi connectivity index (χ1n) is 6.15. The Labute approximate surface area is 105 Å². The van der Waals surface area contributed by atoms with Crippen molar-refractivity contribution in [3.63, 3.8) is 0 Å². The Morgan fingerprint density at radius 3 is 2.72 bits per heavy atom. The third-order valence-corrected chi connectivity index (χ3v) is 3.16. The lowest BCUT2D eigenvalue weighted by molar-refractivity contribution is -0.132. The lowest BCUT2D eigenvalue weighted by Gasteiger charge is -2.31. The number of rotatable bonds is 2. The maximum atomic E-state index is 11.7. The quantitative estimate of drug-likeness (QED) is 0.819. The molecule has 6 nitrogen and oxygen atoms in total. The van der Waals surface area contributed by atoms with Crippen molar-refractivity contribution in [2.45, 2.75) is 32.1 Å². The molecular weight excluding hydrogens is 234 g/mol. The number of hydrogen-bond acceptors (Lipinski definition) is 5. The minimum atomic E-state index is -0.239. The van der Waals surface area contributed by atoms with Gasteiger partial charge in [-0.1, -0.05) is 6.92 Å². The van der Waals surface area contributed by atoms with Gasteiger partial charge in [0.1, 0.15) is 5.82 Å². The zero-order chi connectivity index (χ0) is 13.1. The van der Waals surface area contributed by atoms with Gasteiger partial charge < -0.3 is 15.1 Å². The number of piperidine rings is 1. The van der Waals surface area contributed by atoms with Crippen LogP contribution in [0.5, 0.6) is 11.8 Å². The first-order chi connectivity index (χ1) is 8.60. The van der Waals surface area contributed by atoms with Crippen LogP contribution in [-0.2, 0) is 4.79 Å². The van der Waals surface area contributed by atoms with Gasteiger partial charge in [-0.05, 0) is 12.8 Å². The summed E-state index contributed by atoms with van der Waals surface area (Å²) in [4.78, 5) is 21.3. The molecule has 1 unspecified atom stereocenters. The summed E-state index contributed by atoms with van der Waals surface area (Å²) < 4.78 is 0. The van der Waals surface area contributed by atoms with Crippen molar-refractivity contribution in [1.29, 1.82) is 0 Å². The molecule has 2 heterocycles. The Morgan fingerprint density at radius 1 is 1.44 bits per heavy atom. The van der Waals surface area contributed by atoms with Crippen LogP contribution in [0.2, 0.25) is 0 Å². The summed E-state index contributed by atoms with van der Waals surface area (Å²) in [6, 6.07) is 1.10. The van der Waals surface area contributed by atoms with E-state index in [1.807, 2.05) is 6.92 Å². The van der Waals surface area contributed by atoms with Crippen molar-refractivity contribution in [2.24, 2.45) is 0 Å². The molecule has 1 saturated heterocycles. The van der Waals surface area contributed by atoms with E-state index in [1.54, 1.807) is 4.90 Å². The maximum absolute atomic E-state index is 11.7. The van der Waals surface area contributed by atoms with Gasteiger partial charge in [-0.3, -0.25) is 4.79 Å². The van der Waals surface area contributed by atoms with Gasteiger partial charge in [0.25, 0.3) is 0 Å². The van der Waals surface area contributed by atoms with Gasteiger partial charge in [0, 0.05) is 25.4 Å². The van der Waals surface area contributed by atoms with Crippen LogP contribution in [-0.4, -0.2) is 44.1 Å². The first-order valence-corrected chi connectivity index (χ1v) is 6.15. The largest absolute Gasteiger partial charge is 0.493 e. The first kappa shape index (κ1) is 12.6. The fraction of sp³-hybridized carbons (Fsp3) is 0.583. The fourth-order valence-electron chi connectivity index (χ4n) is 2.26. The number of amides is 1. The van der Waals surface area contributed by atoms with Crippen molar-refractivity contribution in [3.8, 4) is 11.8 Å². The zero-order valence-corrected chi connectivity index (χ0v) is 10.3. The topological polar surface area (TPSA) is 86.6 Å². The van der Waals surface area contributed by atoms with Crippen molar-refractivity contribution < 1.29 is 15.0 Å². The molecule has 0 spiro atoms. The summed E-state index contributed by atoms with van der Waals surface area (Å²) in [5, 5.41) is 18.7. The summed E-state index contributed by atoms with van der Waals surface area (Å²) >= 11 is 0. The second-order valence-electron chi connectivity index (χ2n) is 4.48. The highest BCUT2D eigenvalue weighted by Crippen LogP contribution is 2.27. The van der Waals surface area contributed by atoms with E-state index in [9.17, 15) is 15.0 Å². The predicted molar refractivity (Wildman–Crippen MR) is 64.2 cm³/mol. The van der Waals surface area contributed by atoms with Crippen LogP contribution in [0.15, 0.2) is 6.07 Å². The summed E-state index contributed by atoms with van der Waals surface area (Å²) in [7, 11) is 0. The van der Waals surface area contributed by atoms with Crippen LogP contribution in [0.25, 0.3) is 0 Å². The molecule has 6 heteroatoms. The fourth-order valence-corrected chi connectivity index (χ4v) is 2.26. The average molecular weight is 251 g/mol. The molecular formula is C12H17N3O3. The van der Waals surface area contributed by atoms with Crippen LogP contribution in [0.1, 0.15) is 37.9 Å². The number of aromatic hydroxyl groups is 2. The third kappa shape index (κ3) is 2.69. The second-order valence-corrected chi connectivity index (χ2v) is 4.48. The minimum absolute atomic E-state index is 0.0211. The Hall–Kier alpha value is -1.85. The van der Waals surface area contributed by atoms with E-state index in [1.165, 1.54) is 0 Å². The van der Waals surface area contributed by atoms with Crippen molar-refractivity contribution in [1.82, 2.24) is 14.9 Å². The van der Waals surface area contributed by atoms with E-state index >= 15 is 0 Å². The zero-order valence-electron chi connectivity index (χ0n) is 10.3. The van der Waals surface area contributed by atoms with E-state index in [4.69, 9.17) is 0 Å². The molecule has 2 rings (SSSR count). The van der Waals surface area contributed by atoms with Crippen molar-refractivity contribution in [3.05, 3.63) is 11.9 Å². The van der Waals surface area contributed by atoms with E-state index in [2.05, 4.69) is 9.97 Å². The summed E-state index contributed by atoms with van der Waals surface area (Å²) in [6.07, 6.45) is 2.23. The van der Waals surface area contributed by atoms with Crippen LogP contribution in [0.4, 0.5) is 0 Å². The number of carbonyl (C=O) groups excluding carboxylic acids is 1. The standard InChI is InChI=1S/C12H17N3O3/c1-2-11(18)15-5-3-4-8(7-15)12-13-9(16)6-10(17)14-12/h6,8H,2-5,7H2,1H3,(H2,13,14,16,17). The number of nitrogens with zero attached hydrogens (tertiary/aromatic N) is 3. The highest BCUT2D eigenvalue weighted by atomic mass is 16.3. The Bertz CT molecular complexity index is 430. The molecule has 0 saturated carbocycles. The molecule has 1 aromatic heterocycles. The van der Waals surface area contributed by atoms with Gasteiger partial charge in [-0.2, -0.15) is 9.97 Å². The van der Waals surface area contributed by atoms with Gasteiger partial charge in [0.05, 0.1) is 6.07 Å². The highest BCUT2D eigenvalue weighted by molar-refractivity contribution is 5.75. The molecule has 98 valence electrons. The highest BCUT2D eigenvalue weighted by Gasteiger charge is 2.26. The lowest BCUT2D eigenvalue weighted by Crippen LogP contribution is -2.39. The Morgan fingerprint density at radius 2 is 2.11 bits per heavy atom. The molecule has 0 radical (unpaired) electrons. The molecule has 0 bridgehead atoms. The summed E-state index contributed by atoms with van der Waals surface area (Å²) in [5.41, 5.74) is 0.